The summed E-state index contributed by atoms with van der Waals surface area (Å²) in [5.74, 6) is -0.412. The minimum Gasteiger partial charge on any atom is -0.467 e. The summed E-state index contributed by atoms with van der Waals surface area (Å²) in [4.78, 5) is 25.8. The molecule has 0 bridgehead atoms. The van der Waals surface area contributed by atoms with Crippen molar-refractivity contribution in [2.75, 3.05) is 13.7 Å². The maximum Gasteiger partial charge on any atom is 0.328 e. The van der Waals surface area contributed by atoms with E-state index in [0.717, 1.165) is 18.4 Å². The topological polar surface area (TPSA) is 46.6 Å². The zero-order chi connectivity index (χ0) is 14.5. The molecule has 1 saturated heterocycles. The normalized spacial score (nSPS) is 18.7. The van der Waals surface area contributed by atoms with Crippen LogP contribution < -0.4 is 0 Å². The summed E-state index contributed by atoms with van der Waals surface area (Å²) in [7, 11) is 1.35. The first-order valence-electron chi connectivity index (χ1n) is 6.74. The van der Waals surface area contributed by atoms with Gasteiger partial charge in [0, 0.05) is 11.6 Å². The molecule has 20 heavy (non-hydrogen) atoms. The molecule has 1 aromatic carbocycles. The van der Waals surface area contributed by atoms with Crippen molar-refractivity contribution in [3.05, 3.63) is 34.9 Å². The van der Waals surface area contributed by atoms with E-state index in [1.165, 1.54) is 7.11 Å². The van der Waals surface area contributed by atoms with Crippen LogP contribution in [0.3, 0.4) is 0 Å². The molecule has 1 heterocycles. The van der Waals surface area contributed by atoms with Crippen LogP contribution in [0.5, 0.6) is 0 Å². The van der Waals surface area contributed by atoms with E-state index in [1.807, 2.05) is 18.2 Å². The Morgan fingerprint density at radius 3 is 2.80 bits per heavy atom. The Labute approximate surface area is 123 Å². The fourth-order valence-corrected chi connectivity index (χ4v) is 2.72. The van der Waals surface area contributed by atoms with E-state index in [4.69, 9.17) is 16.3 Å². The first-order valence-corrected chi connectivity index (χ1v) is 7.12. The van der Waals surface area contributed by atoms with Gasteiger partial charge in [-0.25, -0.2) is 4.79 Å². The summed E-state index contributed by atoms with van der Waals surface area (Å²) in [6.45, 7) is 0.600. The smallest absolute Gasteiger partial charge is 0.328 e. The Bertz CT molecular complexity index is 504. The lowest BCUT2D eigenvalue weighted by Gasteiger charge is -2.33. The van der Waals surface area contributed by atoms with E-state index in [-0.39, 0.29) is 18.3 Å². The zero-order valence-electron chi connectivity index (χ0n) is 11.5. The minimum absolute atomic E-state index is 0.0757. The van der Waals surface area contributed by atoms with Crippen LogP contribution in [0.15, 0.2) is 24.3 Å². The van der Waals surface area contributed by atoms with E-state index < -0.39 is 6.04 Å². The Balaban J connectivity index is 2.10. The highest BCUT2D eigenvalue weighted by Gasteiger charge is 2.32. The summed E-state index contributed by atoms with van der Waals surface area (Å²) in [6, 6.07) is 6.82. The highest BCUT2D eigenvalue weighted by Crippen LogP contribution is 2.21. The Morgan fingerprint density at radius 1 is 1.35 bits per heavy atom. The highest BCUT2D eigenvalue weighted by atomic mass is 35.5. The third-order valence-corrected chi connectivity index (χ3v) is 3.96. The molecule has 2 rings (SSSR count). The van der Waals surface area contributed by atoms with Crippen LogP contribution in [0.4, 0.5) is 0 Å². The second-order valence-electron chi connectivity index (χ2n) is 4.89. The van der Waals surface area contributed by atoms with E-state index in [2.05, 4.69) is 0 Å². The number of piperidine rings is 1. The fraction of sp³-hybridized carbons (Fsp3) is 0.467. The van der Waals surface area contributed by atoms with Gasteiger partial charge in [0.2, 0.25) is 5.91 Å². The first kappa shape index (κ1) is 14.9. The lowest BCUT2D eigenvalue weighted by molar-refractivity contribution is -0.154. The average Bonchev–Trinajstić information content (AvgIpc) is 2.48. The van der Waals surface area contributed by atoms with Crippen molar-refractivity contribution >= 4 is 23.5 Å². The van der Waals surface area contributed by atoms with Crippen LogP contribution in [-0.2, 0) is 20.7 Å². The summed E-state index contributed by atoms with van der Waals surface area (Å²) in [5.41, 5.74) is 0.786. The predicted octanol–water partition coefficient (Wildman–Crippen LogP) is 2.44. The second-order valence-corrected chi connectivity index (χ2v) is 5.30. The van der Waals surface area contributed by atoms with Gasteiger partial charge in [0.25, 0.3) is 0 Å². The average molecular weight is 296 g/mol. The van der Waals surface area contributed by atoms with Crippen LogP contribution in [-0.4, -0.2) is 36.5 Å². The van der Waals surface area contributed by atoms with Gasteiger partial charge in [-0.05, 0) is 30.9 Å². The first-order chi connectivity index (χ1) is 9.63. The van der Waals surface area contributed by atoms with Crippen molar-refractivity contribution in [1.82, 2.24) is 4.90 Å². The molecule has 0 aliphatic carbocycles. The van der Waals surface area contributed by atoms with Gasteiger partial charge < -0.3 is 9.64 Å². The van der Waals surface area contributed by atoms with Crippen molar-refractivity contribution in [1.29, 1.82) is 0 Å². The molecule has 0 spiro atoms. The number of nitrogens with zero attached hydrogens (tertiary/aromatic N) is 1. The molecule has 0 unspecified atom stereocenters. The van der Waals surface area contributed by atoms with Crippen LogP contribution in [0.2, 0.25) is 5.02 Å². The van der Waals surface area contributed by atoms with Crippen molar-refractivity contribution in [3.8, 4) is 0 Å². The van der Waals surface area contributed by atoms with Crippen molar-refractivity contribution in [2.24, 2.45) is 0 Å². The standard InChI is InChI=1S/C15H18ClNO3/c1-20-15(19)13-8-4-5-9-17(13)14(18)10-11-6-2-3-7-12(11)16/h2-3,6-7,13H,4-5,8-10H2,1H3/t13-/m1/s1. The number of methoxy groups -OCH3 is 1. The lowest BCUT2D eigenvalue weighted by atomic mass is 10.0. The molecule has 1 amide bonds. The molecule has 0 aromatic heterocycles. The Hall–Kier alpha value is -1.55. The third-order valence-electron chi connectivity index (χ3n) is 3.60. The summed E-state index contributed by atoms with van der Waals surface area (Å²) >= 11 is 6.07. The van der Waals surface area contributed by atoms with Gasteiger partial charge in [-0.1, -0.05) is 29.8 Å². The molecule has 1 aromatic rings. The molecule has 1 fully saturated rings. The zero-order valence-corrected chi connectivity index (χ0v) is 12.2. The van der Waals surface area contributed by atoms with Gasteiger partial charge in [0.05, 0.1) is 13.5 Å². The number of likely N-dealkylation sites (tertiary alicyclic amines) is 1. The van der Waals surface area contributed by atoms with E-state index >= 15 is 0 Å². The molecule has 1 aliphatic heterocycles. The number of amides is 1. The molecule has 1 aliphatic rings. The number of halogens is 1. The molecule has 1 atom stereocenters. The van der Waals surface area contributed by atoms with Gasteiger partial charge in [0.1, 0.15) is 6.04 Å². The second kappa shape index (κ2) is 6.75. The number of ether oxygens (including phenoxy) is 1. The number of rotatable bonds is 3. The number of carbonyl (C=O) groups is 2. The molecule has 4 nitrogen and oxygen atoms in total. The van der Waals surface area contributed by atoms with Crippen molar-refractivity contribution < 1.29 is 14.3 Å². The molecular weight excluding hydrogens is 278 g/mol. The van der Waals surface area contributed by atoms with Crippen molar-refractivity contribution in [3.63, 3.8) is 0 Å². The minimum atomic E-state index is -0.455. The van der Waals surface area contributed by atoms with Crippen molar-refractivity contribution in [2.45, 2.75) is 31.7 Å². The Kier molecular flexibility index (Phi) is 5.01. The summed E-state index contributed by atoms with van der Waals surface area (Å²) in [6.07, 6.45) is 2.74. The van der Waals surface area contributed by atoms with Gasteiger partial charge in [-0.15, -0.1) is 0 Å². The molecular formula is C15H18ClNO3. The van der Waals surface area contributed by atoms with Gasteiger partial charge in [-0.2, -0.15) is 0 Å². The van der Waals surface area contributed by atoms with Crippen LogP contribution in [0.25, 0.3) is 0 Å². The van der Waals surface area contributed by atoms with Gasteiger partial charge >= 0.3 is 5.97 Å². The SMILES string of the molecule is COC(=O)[C@H]1CCCCN1C(=O)Cc1ccccc1Cl. The van der Waals surface area contributed by atoms with Gasteiger partial charge in [0.15, 0.2) is 0 Å². The monoisotopic (exact) mass is 295 g/mol. The molecule has 108 valence electrons. The molecule has 5 heteroatoms. The number of hydrogen-bond donors (Lipinski definition) is 0. The number of hydrogen-bond acceptors (Lipinski definition) is 3. The van der Waals surface area contributed by atoms with Crippen LogP contribution >= 0.6 is 11.6 Å². The van der Waals surface area contributed by atoms with Crippen LogP contribution in [0, 0.1) is 0 Å². The third kappa shape index (κ3) is 3.31. The molecule has 0 radical (unpaired) electrons. The van der Waals surface area contributed by atoms with E-state index in [1.54, 1.807) is 11.0 Å². The quantitative estimate of drug-likeness (QED) is 0.805. The number of esters is 1. The Morgan fingerprint density at radius 2 is 2.10 bits per heavy atom. The van der Waals surface area contributed by atoms with Gasteiger partial charge in [-0.3, -0.25) is 4.79 Å². The number of carbonyl (C=O) groups excluding carboxylic acids is 2. The largest absolute Gasteiger partial charge is 0.467 e. The highest BCUT2D eigenvalue weighted by molar-refractivity contribution is 6.31. The maximum absolute atomic E-state index is 12.4. The molecule has 0 saturated carbocycles. The van der Waals surface area contributed by atoms with E-state index in [9.17, 15) is 9.59 Å². The molecule has 0 N–H and O–H groups in total. The summed E-state index contributed by atoms with van der Waals surface area (Å²) in [5, 5.41) is 0.576. The predicted molar refractivity (Wildman–Crippen MR) is 76.5 cm³/mol. The lowest BCUT2D eigenvalue weighted by Crippen LogP contribution is -2.49. The fourth-order valence-electron chi connectivity index (χ4n) is 2.52. The summed E-state index contributed by atoms with van der Waals surface area (Å²) < 4.78 is 4.79. The van der Waals surface area contributed by atoms with E-state index in [0.29, 0.717) is 18.0 Å². The van der Waals surface area contributed by atoms with Crippen LogP contribution in [0.1, 0.15) is 24.8 Å². The maximum atomic E-state index is 12.4. The number of benzene rings is 1.